The van der Waals surface area contributed by atoms with Crippen molar-refractivity contribution in [1.29, 1.82) is 0 Å². The van der Waals surface area contributed by atoms with Crippen LogP contribution in [-0.4, -0.2) is 31.7 Å². The first-order valence-electron chi connectivity index (χ1n) is 7.17. The normalized spacial score (nSPS) is 20.0. The summed E-state index contributed by atoms with van der Waals surface area (Å²) in [4.78, 5) is 11.6. The number of ether oxygens (including phenoxy) is 2. The van der Waals surface area contributed by atoms with E-state index in [1.54, 1.807) is 6.08 Å². The number of hydrogen-bond donors (Lipinski definition) is 0. The van der Waals surface area contributed by atoms with Gasteiger partial charge in [-0.2, -0.15) is 0 Å². The van der Waals surface area contributed by atoms with Gasteiger partial charge in [0.15, 0.2) is 5.78 Å². The summed E-state index contributed by atoms with van der Waals surface area (Å²) in [5.41, 5.74) is 1.09. The van der Waals surface area contributed by atoms with E-state index in [2.05, 4.69) is 13.8 Å². The van der Waals surface area contributed by atoms with Gasteiger partial charge in [-0.05, 0) is 30.9 Å². The molecule has 3 nitrogen and oxygen atoms in total. The summed E-state index contributed by atoms with van der Waals surface area (Å²) in [6.45, 7) is 6.41. The van der Waals surface area contributed by atoms with Crippen LogP contribution in [0.1, 0.15) is 52.4 Å². The minimum atomic E-state index is 0.0684. The van der Waals surface area contributed by atoms with Crippen molar-refractivity contribution < 1.29 is 14.3 Å². The molecule has 0 aromatic heterocycles. The van der Waals surface area contributed by atoms with E-state index in [1.165, 1.54) is 0 Å². The van der Waals surface area contributed by atoms with Crippen molar-refractivity contribution in [2.24, 2.45) is 0 Å². The van der Waals surface area contributed by atoms with Crippen molar-refractivity contribution in [3.05, 3.63) is 11.6 Å². The zero-order chi connectivity index (χ0) is 13.2. The summed E-state index contributed by atoms with van der Waals surface area (Å²) >= 11 is 0. The highest BCUT2D eigenvalue weighted by molar-refractivity contribution is 5.91. The summed E-state index contributed by atoms with van der Waals surface area (Å²) in [5.74, 6) is 0.178. The highest BCUT2D eigenvalue weighted by atomic mass is 16.5. The summed E-state index contributed by atoms with van der Waals surface area (Å²) in [5, 5.41) is 0. The zero-order valence-corrected chi connectivity index (χ0v) is 11.7. The number of hydrogen-bond acceptors (Lipinski definition) is 3. The summed E-state index contributed by atoms with van der Waals surface area (Å²) in [6.07, 6.45) is 7.60. The molecular formula is C15H26O3. The Morgan fingerprint density at radius 3 is 2.61 bits per heavy atom. The van der Waals surface area contributed by atoms with Crippen molar-refractivity contribution in [2.75, 3.05) is 19.8 Å². The molecule has 0 saturated heterocycles. The van der Waals surface area contributed by atoms with Gasteiger partial charge in [-0.15, -0.1) is 0 Å². The average molecular weight is 254 g/mol. The third-order valence-corrected chi connectivity index (χ3v) is 3.06. The fraction of sp³-hybridized carbons (Fsp3) is 0.800. The Hall–Kier alpha value is -0.670. The number of carbonyl (C=O) groups is 1. The van der Waals surface area contributed by atoms with Crippen molar-refractivity contribution in [1.82, 2.24) is 0 Å². The van der Waals surface area contributed by atoms with Crippen LogP contribution in [0.4, 0.5) is 0 Å². The lowest BCUT2D eigenvalue weighted by Gasteiger charge is -2.22. The topological polar surface area (TPSA) is 35.5 Å². The predicted octanol–water partition coefficient (Wildman–Crippen LogP) is 3.28. The Morgan fingerprint density at radius 2 is 1.89 bits per heavy atom. The Bertz CT molecular complexity index is 271. The van der Waals surface area contributed by atoms with E-state index in [9.17, 15) is 4.79 Å². The highest BCUT2D eigenvalue weighted by Crippen LogP contribution is 2.19. The fourth-order valence-corrected chi connectivity index (χ4v) is 2.00. The van der Waals surface area contributed by atoms with E-state index in [-0.39, 0.29) is 11.9 Å². The van der Waals surface area contributed by atoms with Crippen LogP contribution in [0, 0.1) is 0 Å². The van der Waals surface area contributed by atoms with Crippen molar-refractivity contribution in [2.45, 2.75) is 58.5 Å². The molecule has 0 unspecified atom stereocenters. The minimum Gasteiger partial charge on any atom is -0.377 e. The molecule has 0 aliphatic heterocycles. The minimum absolute atomic E-state index is 0.0684. The van der Waals surface area contributed by atoms with Gasteiger partial charge in [0.1, 0.15) is 0 Å². The second kappa shape index (κ2) is 9.29. The van der Waals surface area contributed by atoms with E-state index < -0.39 is 0 Å². The van der Waals surface area contributed by atoms with Crippen LogP contribution < -0.4 is 0 Å². The number of carbonyl (C=O) groups excluding carboxylic acids is 1. The van der Waals surface area contributed by atoms with Gasteiger partial charge >= 0.3 is 0 Å². The molecule has 18 heavy (non-hydrogen) atoms. The quantitative estimate of drug-likeness (QED) is 0.592. The largest absolute Gasteiger partial charge is 0.377 e. The molecule has 0 fully saturated rings. The zero-order valence-electron chi connectivity index (χ0n) is 11.7. The Morgan fingerprint density at radius 1 is 1.17 bits per heavy atom. The first kappa shape index (κ1) is 15.4. The number of allylic oxidation sites excluding steroid dienone is 1. The third kappa shape index (κ3) is 6.31. The second-order valence-corrected chi connectivity index (χ2v) is 4.93. The van der Waals surface area contributed by atoms with Crippen LogP contribution >= 0.6 is 0 Å². The molecule has 1 aliphatic rings. The van der Waals surface area contributed by atoms with E-state index in [0.717, 1.165) is 50.9 Å². The monoisotopic (exact) mass is 254 g/mol. The van der Waals surface area contributed by atoms with E-state index in [4.69, 9.17) is 9.47 Å². The molecule has 0 aromatic rings. The lowest BCUT2D eigenvalue weighted by atomic mass is 9.96. The van der Waals surface area contributed by atoms with Gasteiger partial charge in [-0.3, -0.25) is 4.79 Å². The lowest BCUT2D eigenvalue weighted by Crippen LogP contribution is -2.24. The molecule has 0 N–H and O–H groups in total. The highest BCUT2D eigenvalue weighted by Gasteiger charge is 2.20. The summed E-state index contributed by atoms with van der Waals surface area (Å²) in [7, 11) is 0. The average Bonchev–Trinajstić information content (AvgIpc) is 2.34. The Kier molecular flexibility index (Phi) is 7.94. The van der Waals surface area contributed by atoms with Crippen LogP contribution in [0.3, 0.4) is 0 Å². The fourth-order valence-electron chi connectivity index (χ4n) is 2.00. The lowest BCUT2D eigenvalue weighted by molar-refractivity contribution is -0.118. The number of ketones is 1. The predicted molar refractivity (Wildman–Crippen MR) is 72.7 cm³/mol. The van der Waals surface area contributed by atoms with Gasteiger partial charge in [0.05, 0.1) is 12.7 Å². The van der Waals surface area contributed by atoms with Gasteiger partial charge in [-0.25, -0.2) is 0 Å². The smallest absolute Gasteiger partial charge is 0.158 e. The molecule has 3 heteroatoms. The van der Waals surface area contributed by atoms with Gasteiger partial charge in [0.25, 0.3) is 0 Å². The van der Waals surface area contributed by atoms with Crippen molar-refractivity contribution >= 4 is 5.78 Å². The second-order valence-electron chi connectivity index (χ2n) is 4.93. The van der Waals surface area contributed by atoms with Gasteiger partial charge in [0.2, 0.25) is 0 Å². The molecule has 0 heterocycles. The molecule has 1 rings (SSSR count). The van der Waals surface area contributed by atoms with Crippen LogP contribution in [0.5, 0.6) is 0 Å². The van der Waals surface area contributed by atoms with E-state index in [0.29, 0.717) is 13.0 Å². The first-order valence-corrected chi connectivity index (χ1v) is 7.17. The molecule has 0 saturated carbocycles. The van der Waals surface area contributed by atoms with Crippen LogP contribution in [-0.2, 0) is 14.3 Å². The Balaban J connectivity index is 2.27. The molecule has 104 valence electrons. The molecule has 0 radical (unpaired) electrons. The van der Waals surface area contributed by atoms with Gasteiger partial charge in [-0.1, -0.05) is 26.7 Å². The van der Waals surface area contributed by atoms with Crippen molar-refractivity contribution in [3.8, 4) is 0 Å². The van der Waals surface area contributed by atoms with Crippen LogP contribution in [0.25, 0.3) is 0 Å². The van der Waals surface area contributed by atoms with Gasteiger partial charge < -0.3 is 9.47 Å². The van der Waals surface area contributed by atoms with E-state index >= 15 is 0 Å². The maximum Gasteiger partial charge on any atom is 0.158 e. The molecule has 1 atom stereocenters. The number of rotatable bonds is 9. The van der Waals surface area contributed by atoms with Crippen LogP contribution in [0.15, 0.2) is 11.6 Å². The van der Waals surface area contributed by atoms with Crippen molar-refractivity contribution in [3.63, 3.8) is 0 Å². The Labute approximate surface area is 111 Å². The maximum absolute atomic E-state index is 11.6. The molecular weight excluding hydrogens is 228 g/mol. The maximum atomic E-state index is 11.6. The standard InChI is InChI=1S/C15H26O3/c1-3-5-7-17-12-13-9-14(16)11-15(10-13)18-8-6-4-2/h9,15H,3-8,10-12H2,1-2H3/t15-/m0/s1. The third-order valence-electron chi connectivity index (χ3n) is 3.06. The van der Waals surface area contributed by atoms with Gasteiger partial charge in [0, 0.05) is 19.6 Å². The molecule has 1 aliphatic carbocycles. The van der Waals surface area contributed by atoms with Crippen LogP contribution in [0.2, 0.25) is 0 Å². The van der Waals surface area contributed by atoms with E-state index in [1.807, 2.05) is 0 Å². The SMILES string of the molecule is CCCCOCC1=CC(=O)C[C@@H](OCCCC)C1. The number of unbranched alkanes of at least 4 members (excludes halogenated alkanes) is 2. The molecule has 0 aromatic carbocycles. The summed E-state index contributed by atoms with van der Waals surface area (Å²) in [6, 6.07) is 0. The molecule has 0 spiro atoms. The molecule has 0 amide bonds. The first-order chi connectivity index (χ1) is 8.76. The molecule has 0 bridgehead atoms. The summed E-state index contributed by atoms with van der Waals surface area (Å²) < 4.78 is 11.3.